The molecular weight excluding hydrogens is 386 g/mol. The standard InChI is InChI=1S/C23H30ClN3O2/c1-3-28-17-12-16(13-18(14-17)29-4-2)15-27-11-6-5-10-21(27)22-19-8-7-9-20(19)25-23(24)26-22/h12-14,21H,3-11,15H2,1-2H3. The van der Waals surface area contributed by atoms with Crippen molar-refractivity contribution < 1.29 is 9.47 Å². The average Bonchev–Trinajstić information content (AvgIpc) is 3.16. The van der Waals surface area contributed by atoms with Gasteiger partial charge < -0.3 is 9.47 Å². The minimum Gasteiger partial charge on any atom is -0.494 e. The molecule has 1 aliphatic heterocycles. The summed E-state index contributed by atoms with van der Waals surface area (Å²) in [7, 11) is 0. The molecule has 29 heavy (non-hydrogen) atoms. The maximum absolute atomic E-state index is 6.29. The Labute approximate surface area is 178 Å². The molecule has 2 aliphatic rings. The van der Waals surface area contributed by atoms with E-state index in [9.17, 15) is 0 Å². The number of hydrogen-bond donors (Lipinski definition) is 0. The van der Waals surface area contributed by atoms with Gasteiger partial charge in [-0.2, -0.15) is 0 Å². The van der Waals surface area contributed by atoms with Gasteiger partial charge in [0.25, 0.3) is 0 Å². The van der Waals surface area contributed by atoms with Crippen LogP contribution in [0.25, 0.3) is 0 Å². The molecule has 0 spiro atoms. The van der Waals surface area contributed by atoms with Gasteiger partial charge in [0.1, 0.15) is 11.5 Å². The first-order valence-electron chi connectivity index (χ1n) is 10.9. The number of ether oxygens (including phenoxy) is 2. The van der Waals surface area contributed by atoms with E-state index >= 15 is 0 Å². The van der Waals surface area contributed by atoms with Crippen LogP contribution in [-0.2, 0) is 19.4 Å². The monoisotopic (exact) mass is 415 g/mol. The Hall–Kier alpha value is -1.85. The predicted octanol–water partition coefficient (Wildman–Crippen LogP) is 5.14. The van der Waals surface area contributed by atoms with Gasteiger partial charge in [-0.1, -0.05) is 6.42 Å². The third kappa shape index (κ3) is 4.67. The molecule has 2 aromatic rings. The second kappa shape index (κ2) is 9.31. The lowest BCUT2D eigenvalue weighted by Gasteiger charge is -2.36. The summed E-state index contributed by atoms with van der Waals surface area (Å²) in [5, 5.41) is 0.392. The minimum absolute atomic E-state index is 0.294. The molecule has 156 valence electrons. The quantitative estimate of drug-likeness (QED) is 0.585. The predicted molar refractivity (Wildman–Crippen MR) is 115 cm³/mol. The molecule has 5 nitrogen and oxygen atoms in total. The molecule has 2 heterocycles. The number of rotatable bonds is 7. The van der Waals surface area contributed by atoms with Crippen LogP contribution in [0.2, 0.25) is 5.28 Å². The fourth-order valence-corrected chi connectivity index (χ4v) is 4.85. The molecule has 1 saturated heterocycles. The minimum atomic E-state index is 0.294. The third-order valence-electron chi connectivity index (χ3n) is 5.81. The van der Waals surface area contributed by atoms with Crippen LogP contribution in [0.1, 0.15) is 68.1 Å². The zero-order valence-corrected chi connectivity index (χ0v) is 18.2. The molecule has 1 unspecified atom stereocenters. The second-order valence-electron chi connectivity index (χ2n) is 7.82. The van der Waals surface area contributed by atoms with Crippen molar-refractivity contribution in [1.82, 2.24) is 14.9 Å². The van der Waals surface area contributed by atoms with E-state index in [1.807, 2.05) is 19.9 Å². The first-order chi connectivity index (χ1) is 14.2. The number of benzene rings is 1. The van der Waals surface area contributed by atoms with Crippen molar-refractivity contribution in [3.63, 3.8) is 0 Å². The average molecular weight is 416 g/mol. The lowest BCUT2D eigenvalue weighted by Crippen LogP contribution is -2.34. The van der Waals surface area contributed by atoms with E-state index in [0.29, 0.717) is 24.5 Å². The smallest absolute Gasteiger partial charge is 0.222 e. The van der Waals surface area contributed by atoms with Gasteiger partial charge in [-0.05, 0) is 87.4 Å². The van der Waals surface area contributed by atoms with Crippen molar-refractivity contribution in [1.29, 1.82) is 0 Å². The highest BCUT2D eigenvalue weighted by molar-refractivity contribution is 6.28. The molecule has 1 aromatic carbocycles. The SMILES string of the molecule is CCOc1cc(CN2CCCCC2c2nc(Cl)nc3c2CCC3)cc(OCC)c1. The number of fused-ring (bicyclic) bond motifs is 1. The Kier molecular flexibility index (Phi) is 6.56. The molecule has 0 radical (unpaired) electrons. The summed E-state index contributed by atoms with van der Waals surface area (Å²) < 4.78 is 11.5. The van der Waals surface area contributed by atoms with Crippen molar-refractivity contribution in [2.24, 2.45) is 0 Å². The normalized spacial score (nSPS) is 19.2. The zero-order valence-electron chi connectivity index (χ0n) is 17.4. The molecular formula is C23H30ClN3O2. The van der Waals surface area contributed by atoms with E-state index in [1.165, 1.54) is 24.0 Å². The molecule has 1 fully saturated rings. The maximum atomic E-state index is 6.29. The molecule has 1 atom stereocenters. The number of aryl methyl sites for hydroxylation is 1. The number of nitrogens with zero attached hydrogens (tertiary/aromatic N) is 3. The molecule has 0 saturated carbocycles. The van der Waals surface area contributed by atoms with Gasteiger partial charge in [0.2, 0.25) is 5.28 Å². The second-order valence-corrected chi connectivity index (χ2v) is 8.16. The Balaban J connectivity index is 1.62. The van der Waals surface area contributed by atoms with Gasteiger partial charge in [0.15, 0.2) is 0 Å². The Morgan fingerprint density at radius 1 is 1.00 bits per heavy atom. The summed E-state index contributed by atoms with van der Waals surface area (Å²) in [5.41, 5.74) is 4.86. The first kappa shape index (κ1) is 20.4. The lowest BCUT2D eigenvalue weighted by atomic mass is 9.95. The van der Waals surface area contributed by atoms with Crippen LogP contribution in [-0.4, -0.2) is 34.6 Å². The van der Waals surface area contributed by atoms with E-state index < -0.39 is 0 Å². The lowest BCUT2D eigenvalue weighted by molar-refractivity contribution is 0.136. The highest BCUT2D eigenvalue weighted by Gasteiger charge is 2.30. The highest BCUT2D eigenvalue weighted by Crippen LogP contribution is 2.37. The van der Waals surface area contributed by atoms with Crippen LogP contribution in [0.15, 0.2) is 18.2 Å². The number of hydrogen-bond acceptors (Lipinski definition) is 5. The summed E-state index contributed by atoms with van der Waals surface area (Å²) in [4.78, 5) is 11.7. The van der Waals surface area contributed by atoms with E-state index in [0.717, 1.165) is 61.7 Å². The largest absolute Gasteiger partial charge is 0.494 e. The van der Waals surface area contributed by atoms with Crippen molar-refractivity contribution in [3.05, 3.63) is 46.0 Å². The van der Waals surface area contributed by atoms with E-state index in [-0.39, 0.29) is 0 Å². The fraction of sp³-hybridized carbons (Fsp3) is 0.565. The Bertz CT molecular complexity index is 834. The van der Waals surface area contributed by atoms with Gasteiger partial charge in [-0.15, -0.1) is 0 Å². The van der Waals surface area contributed by atoms with Crippen molar-refractivity contribution >= 4 is 11.6 Å². The zero-order chi connectivity index (χ0) is 20.2. The summed E-state index contributed by atoms with van der Waals surface area (Å²) in [5.74, 6) is 1.74. The third-order valence-corrected chi connectivity index (χ3v) is 5.98. The molecule has 6 heteroatoms. The summed E-state index contributed by atoms with van der Waals surface area (Å²) in [6, 6.07) is 6.54. The van der Waals surface area contributed by atoms with E-state index in [4.69, 9.17) is 26.1 Å². The molecule has 0 N–H and O–H groups in total. The van der Waals surface area contributed by atoms with Crippen LogP contribution >= 0.6 is 11.6 Å². The van der Waals surface area contributed by atoms with E-state index in [2.05, 4.69) is 22.0 Å². The van der Waals surface area contributed by atoms with Crippen molar-refractivity contribution in [2.45, 2.75) is 65.0 Å². The number of piperidine rings is 1. The first-order valence-corrected chi connectivity index (χ1v) is 11.2. The van der Waals surface area contributed by atoms with Crippen LogP contribution in [0.5, 0.6) is 11.5 Å². The number of halogens is 1. The highest BCUT2D eigenvalue weighted by atomic mass is 35.5. The fourth-order valence-electron chi connectivity index (χ4n) is 4.65. The maximum Gasteiger partial charge on any atom is 0.222 e. The van der Waals surface area contributed by atoms with Gasteiger partial charge in [0, 0.05) is 18.3 Å². The number of likely N-dealkylation sites (tertiary alicyclic amines) is 1. The van der Waals surface area contributed by atoms with Gasteiger partial charge in [-0.25, -0.2) is 9.97 Å². The van der Waals surface area contributed by atoms with Crippen LogP contribution in [0, 0.1) is 0 Å². The molecule has 1 aliphatic carbocycles. The molecule has 1 aromatic heterocycles. The van der Waals surface area contributed by atoms with Gasteiger partial charge in [-0.3, -0.25) is 4.90 Å². The van der Waals surface area contributed by atoms with E-state index in [1.54, 1.807) is 0 Å². The molecule has 0 amide bonds. The van der Waals surface area contributed by atoms with Crippen molar-refractivity contribution in [3.8, 4) is 11.5 Å². The Morgan fingerprint density at radius 3 is 2.48 bits per heavy atom. The Morgan fingerprint density at radius 2 is 1.76 bits per heavy atom. The number of aromatic nitrogens is 2. The van der Waals surface area contributed by atoms with Crippen LogP contribution in [0.4, 0.5) is 0 Å². The van der Waals surface area contributed by atoms with Crippen LogP contribution in [0.3, 0.4) is 0 Å². The van der Waals surface area contributed by atoms with Crippen molar-refractivity contribution in [2.75, 3.05) is 19.8 Å². The summed E-state index contributed by atoms with van der Waals surface area (Å²) >= 11 is 6.29. The van der Waals surface area contributed by atoms with Gasteiger partial charge in [0.05, 0.1) is 24.9 Å². The van der Waals surface area contributed by atoms with Crippen LogP contribution < -0.4 is 9.47 Å². The molecule has 4 rings (SSSR count). The molecule has 0 bridgehead atoms. The summed E-state index contributed by atoms with van der Waals surface area (Å²) in [6.07, 6.45) is 6.79. The topological polar surface area (TPSA) is 47.5 Å². The van der Waals surface area contributed by atoms with Gasteiger partial charge >= 0.3 is 0 Å². The summed E-state index contributed by atoms with van der Waals surface area (Å²) in [6.45, 7) is 7.21.